The molecule has 2 N–H and O–H groups in total. The quantitative estimate of drug-likeness (QED) is 0.499. The van der Waals surface area contributed by atoms with E-state index in [0.29, 0.717) is 27.8 Å². The molecule has 6 nitrogen and oxygen atoms in total. The number of nitrogens with one attached hydrogen (secondary N) is 1. The molecule has 0 atom stereocenters. The van der Waals surface area contributed by atoms with Gasteiger partial charge in [-0.05, 0) is 47.9 Å². The summed E-state index contributed by atoms with van der Waals surface area (Å²) in [6.45, 7) is 3.40. The minimum atomic E-state index is -0.984. The van der Waals surface area contributed by atoms with Crippen LogP contribution in [0.4, 0.5) is 17.1 Å². The van der Waals surface area contributed by atoms with Gasteiger partial charge in [0, 0.05) is 11.1 Å². The van der Waals surface area contributed by atoms with Crippen molar-refractivity contribution in [1.29, 1.82) is 0 Å². The van der Waals surface area contributed by atoms with Crippen LogP contribution in [0.1, 0.15) is 10.4 Å². The Balaban J connectivity index is 1.89. The average Bonchev–Trinajstić information content (AvgIpc) is 2.66. The van der Waals surface area contributed by atoms with Crippen LogP contribution in [-0.4, -0.2) is 17.0 Å². The lowest BCUT2D eigenvalue weighted by atomic mass is 10.0. The molecule has 128 valence electrons. The van der Waals surface area contributed by atoms with Crippen LogP contribution in [0, 0.1) is 0 Å². The van der Waals surface area contributed by atoms with Crippen LogP contribution < -0.4 is 5.32 Å². The number of carboxylic acid groups (broad SMARTS) is 1. The Labute approximate surface area is 149 Å². The summed E-state index contributed by atoms with van der Waals surface area (Å²) in [6.07, 6.45) is 1.19. The fraction of sp³-hybridized carbons (Fsp3) is 0. The molecular weight excluding hydrogens is 330 g/mol. The normalized spacial score (nSPS) is 10.8. The minimum absolute atomic E-state index is 0.224. The highest BCUT2D eigenvalue weighted by Crippen LogP contribution is 2.30. The molecule has 0 unspecified atom stereocenters. The van der Waals surface area contributed by atoms with Gasteiger partial charge in [-0.2, -0.15) is 5.11 Å². The summed E-state index contributed by atoms with van der Waals surface area (Å²) < 4.78 is 0. The molecule has 0 saturated carbocycles. The van der Waals surface area contributed by atoms with Gasteiger partial charge in [0.25, 0.3) is 0 Å². The molecule has 26 heavy (non-hydrogen) atoms. The Kier molecular flexibility index (Phi) is 4.85. The summed E-state index contributed by atoms with van der Waals surface area (Å²) >= 11 is 0. The standard InChI is InChI=1S/C20H15N3O3/c1-2-19(24)21-13-7-9-14(10-8-13)22-23-18-12-11-17(20(25)26)15-5-3-4-6-16(15)18/h2-12H,1H2,(H,21,24)(H,25,26)/b23-22+. The second-order valence-electron chi connectivity index (χ2n) is 5.42. The number of nitrogens with zero attached hydrogens (tertiary/aromatic N) is 2. The van der Waals surface area contributed by atoms with Gasteiger partial charge in [-0.1, -0.05) is 30.8 Å². The van der Waals surface area contributed by atoms with Crippen LogP contribution in [0.25, 0.3) is 10.8 Å². The summed E-state index contributed by atoms with van der Waals surface area (Å²) in [5.74, 6) is -1.27. The molecule has 3 aromatic rings. The molecule has 0 radical (unpaired) electrons. The zero-order valence-corrected chi connectivity index (χ0v) is 13.7. The summed E-state index contributed by atoms with van der Waals surface area (Å²) in [4.78, 5) is 22.6. The fourth-order valence-electron chi connectivity index (χ4n) is 2.47. The molecule has 0 bridgehead atoms. The first-order chi connectivity index (χ1) is 12.6. The predicted octanol–water partition coefficient (Wildman–Crippen LogP) is 5.08. The lowest BCUT2D eigenvalue weighted by Gasteiger charge is -2.05. The van der Waals surface area contributed by atoms with Crippen molar-refractivity contribution in [3.8, 4) is 0 Å². The second kappa shape index (κ2) is 7.40. The largest absolute Gasteiger partial charge is 0.478 e. The van der Waals surface area contributed by atoms with Gasteiger partial charge in [-0.15, -0.1) is 5.11 Å². The van der Waals surface area contributed by atoms with E-state index in [0.717, 1.165) is 0 Å². The minimum Gasteiger partial charge on any atom is -0.478 e. The van der Waals surface area contributed by atoms with E-state index < -0.39 is 5.97 Å². The molecular formula is C20H15N3O3. The first kappa shape index (κ1) is 17.0. The van der Waals surface area contributed by atoms with Crippen molar-refractivity contribution in [2.24, 2.45) is 10.2 Å². The molecule has 0 saturated heterocycles. The maximum Gasteiger partial charge on any atom is 0.336 e. The molecule has 0 aliphatic rings. The van der Waals surface area contributed by atoms with Gasteiger partial charge in [0.05, 0.1) is 16.9 Å². The van der Waals surface area contributed by atoms with Gasteiger partial charge < -0.3 is 10.4 Å². The van der Waals surface area contributed by atoms with Crippen LogP contribution in [0.15, 0.2) is 83.5 Å². The number of anilines is 1. The number of amides is 1. The van der Waals surface area contributed by atoms with Crippen molar-refractivity contribution in [2.45, 2.75) is 0 Å². The van der Waals surface area contributed by atoms with Gasteiger partial charge in [0.15, 0.2) is 0 Å². The van der Waals surface area contributed by atoms with E-state index in [9.17, 15) is 14.7 Å². The summed E-state index contributed by atoms with van der Waals surface area (Å²) in [7, 11) is 0. The number of carboxylic acids is 1. The number of fused-ring (bicyclic) bond motifs is 1. The molecule has 0 fully saturated rings. The van der Waals surface area contributed by atoms with Gasteiger partial charge in [0.2, 0.25) is 5.91 Å². The highest BCUT2D eigenvalue weighted by molar-refractivity contribution is 6.07. The highest BCUT2D eigenvalue weighted by Gasteiger charge is 2.10. The fourth-order valence-corrected chi connectivity index (χ4v) is 2.47. The third-order valence-electron chi connectivity index (χ3n) is 3.72. The van der Waals surface area contributed by atoms with E-state index in [1.807, 2.05) is 12.1 Å². The van der Waals surface area contributed by atoms with Gasteiger partial charge in [0.1, 0.15) is 0 Å². The van der Waals surface area contributed by atoms with Crippen molar-refractivity contribution < 1.29 is 14.7 Å². The molecule has 6 heteroatoms. The van der Waals surface area contributed by atoms with Gasteiger partial charge in [-0.25, -0.2) is 4.79 Å². The number of hydrogen-bond donors (Lipinski definition) is 2. The number of rotatable bonds is 5. The van der Waals surface area contributed by atoms with E-state index in [1.54, 1.807) is 42.5 Å². The number of aromatic carboxylic acids is 1. The number of hydrogen-bond acceptors (Lipinski definition) is 4. The van der Waals surface area contributed by atoms with Crippen molar-refractivity contribution in [2.75, 3.05) is 5.32 Å². The van der Waals surface area contributed by atoms with E-state index in [2.05, 4.69) is 22.1 Å². The van der Waals surface area contributed by atoms with Crippen LogP contribution in [0.5, 0.6) is 0 Å². The van der Waals surface area contributed by atoms with Crippen molar-refractivity contribution in [3.05, 3.63) is 78.9 Å². The smallest absolute Gasteiger partial charge is 0.336 e. The number of azo groups is 1. The van der Waals surface area contributed by atoms with Crippen LogP contribution in [0.2, 0.25) is 0 Å². The molecule has 0 spiro atoms. The van der Waals surface area contributed by atoms with Gasteiger partial charge >= 0.3 is 5.97 Å². The Bertz CT molecular complexity index is 1020. The maximum absolute atomic E-state index is 11.3. The Morgan fingerprint density at radius 1 is 0.923 bits per heavy atom. The van der Waals surface area contributed by atoms with Crippen LogP contribution in [0.3, 0.4) is 0 Å². The van der Waals surface area contributed by atoms with Crippen molar-refractivity contribution >= 4 is 39.7 Å². The molecule has 0 aromatic heterocycles. The van der Waals surface area contributed by atoms with E-state index in [4.69, 9.17) is 0 Å². The SMILES string of the molecule is C=CC(=O)Nc1ccc(/N=N/c2ccc(C(=O)O)c3ccccc23)cc1. The second-order valence-corrected chi connectivity index (χ2v) is 5.42. The first-order valence-electron chi connectivity index (χ1n) is 7.79. The molecule has 3 rings (SSSR count). The Hall–Kier alpha value is -3.80. The monoisotopic (exact) mass is 345 g/mol. The highest BCUT2D eigenvalue weighted by atomic mass is 16.4. The lowest BCUT2D eigenvalue weighted by molar-refractivity contribution is -0.111. The number of benzene rings is 3. The summed E-state index contributed by atoms with van der Waals surface area (Å²) in [5, 5.41) is 21.7. The molecule has 1 amide bonds. The first-order valence-corrected chi connectivity index (χ1v) is 7.79. The summed E-state index contributed by atoms with van der Waals surface area (Å²) in [5.41, 5.74) is 2.04. The summed E-state index contributed by atoms with van der Waals surface area (Å²) in [6, 6.07) is 17.2. The molecule has 0 aliphatic carbocycles. The van der Waals surface area contributed by atoms with Crippen molar-refractivity contribution in [1.82, 2.24) is 0 Å². The van der Waals surface area contributed by atoms with E-state index in [1.165, 1.54) is 12.1 Å². The van der Waals surface area contributed by atoms with E-state index in [-0.39, 0.29) is 11.5 Å². The third kappa shape index (κ3) is 3.64. The Morgan fingerprint density at radius 2 is 1.62 bits per heavy atom. The maximum atomic E-state index is 11.3. The topological polar surface area (TPSA) is 91.1 Å². The zero-order chi connectivity index (χ0) is 18.5. The molecule has 3 aromatic carbocycles. The third-order valence-corrected chi connectivity index (χ3v) is 3.72. The van der Waals surface area contributed by atoms with Gasteiger partial charge in [-0.3, -0.25) is 4.79 Å². The predicted molar refractivity (Wildman–Crippen MR) is 100 cm³/mol. The van der Waals surface area contributed by atoms with Crippen LogP contribution in [-0.2, 0) is 4.79 Å². The number of carbonyl (C=O) groups excluding carboxylic acids is 1. The Morgan fingerprint density at radius 3 is 2.27 bits per heavy atom. The molecule has 0 heterocycles. The number of carbonyl (C=O) groups is 2. The molecule has 0 aliphatic heterocycles. The van der Waals surface area contributed by atoms with Crippen molar-refractivity contribution in [3.63, 3.8) is 0 Å². The average molecular weight is 345 g/mol. The lowest BCUT2D eigenvalue weighted by Crippen LogP contribution is -2.06. The van der Waals surface area contributed by atoms with E-state index >= 15 is 0 Å². The zero-order valence-electron chi connectivity index (χ0n) is 13.7. The van der Waals surface area contributed by atoms with Crippen LogP contribution >= 0.6 is 0 Å².